The van der Waals surface area contributed by atoms with Gasteiger partial charge in [-0.2, -0.15) is 0 Å². The minimum Gasteiger partial charge on any atom is -0.378 e. The van der Waals surface area contributed by atoms with Crippen LogP contribution >= 0.6 is 0 Å². The molecule has 0 aliphatic carbocycles. The van der Waals surface area contributed by atoms with Crippen LogP contribution in [0.2, 0.25) is 0 Å². The first-order valence-electron chi connectivity index (χ1n) is 12.8. The Morgan fingerprint density at radius 3 is 2.49 bits per heavy atom. The first-order valence-corrected chi connectivity index (χ1v) is 12.8. The van der Waals surface area contributed by atoms with Gasteiger partial charge in [0.1, 0.15) is 0 Å². The minimum absolute atomic E-state index is 0.109. The summed E-state index contributed by atoms with van der Waals surface area (Å²) in [5.74, 6) is 0.454. The molecule has 1 aliphatic rings. The van der Waals surface area contributed by atoms with Crippen LogP contribution in [0.4, 0.5) is 5.95 Å². The number of benzene rings is 3. The number of fused-ring (bicyclic) bond motifs is 1. The molecule has 190 valence electrons. The molecule has 0 unspecified atom stereocenters. The zero-order valence-electron chi connectivity index (χ0n) is 21.2. The minimum atomic E-state index is -0.159. The van der Waals surface area contributed by atoms with Crippen molar-refractivity contribution < 1.29 is 9.53 Å². The van der Waals surface area contributed by atoms with Crippen molar-refractivity contribution in [2.24, 2.45) is 0 Å². The topological polar surface area (TPSA) is 76.5 Å². The highest BCUT2D eigenvalue weighted by molar-refractivity contribution is 5.97. The summed E-state index contributed by atoms with van der Waals surface area (Å²) in [6.07, 6.45) is 1.76. The average Bonchev–Trinajstić information content (AvgIpc) is 2.94. The molecule has 0 spiro atoms. The van der Waals surface area contributed by atoms with E-state index in [1.807, 2.05) is 49.4 Å². The smallest absolute Gasteiger partial charge is 0.263 e. The molecule has 1 saturated heterocycles. The van der Waals surface area contributed by atoms with E-state index in [1.165, 1.54) is 11.1 Å². The summed E-state index contributed by atoms with van der Waals surface area (Å²) in [6, 6.07) is 23.6. The third-order valence-electron chi connectivity index (χ3n) is 6.72. The van der Waals surface area contributed by atoms with Crippen LogP contribution in [0.15, 0.2) is 77.6 Å². The number of hydrogen-bond donors (Lipinski definition) is 1. The molecule has 0 saturated carbocycles. The second kappa shape index (κ2) is 11.4. The van der Waals surface area contributed by atoms with E-state index in [2.05, 4.69) is 22.3 Å². The molecule has 1 fully saturated rings. The van der Waals surface area contributed by atoms with E-state index in [0.717, 1.165) is 18.4 Å². The maximum Gasteiger partial charge on any atom is 0.263 e. The maximum atomic E-state index is 13.7. The second-order valence-corrected chi connectivity index (χ2v) is 9.47. The van der Waals surface area contributed by atoms with Gasteiger partial charge in [0.25, 0.3) is 11.5 Å². The molecule has 1 N–H and O–H groups in total. The molecule has 7 nitrogen and oxygen atoms in total. The van der Waals surface area contributed by atoms with Crippen LogP contribution in [0.1, 0.15) is 33.5 Å². The van der Waals surface area contributed by atoms with E-state index in [9.17, 15) is 9.59 Å². The number of ether oxygens (including phenoxy) is 1. The lowest BCUT2D eigenvalue weighted by molar-refractivity contribution is 0.0953. The van der Waals surface area contributed by atoms with Gasteiger partial charge in [-0.25, -0.2) is 4.98 Å². The molecule has 37 heavy (non-hydrogen) atoms. The second-order valence-electron chi connectivity index (χ2n) is 9.47. The first-order chi connectivity index (χ1) is 18.1. The molecule has 1 amide bonds. The van der Waals surface area contributed by atoms with Crippen molar-refractivity contribution in [2.45, 2.75) is 26.3 Å². The number of anilines is 1. The lowest BCUT2D eigenvalue weighted by Crippen LogP contribution is -2.41. The number of hydrogen-bond acceptors (Lipinski definition) is 5. The summed E-state index contributed by atoms with van der Waals surface area (Å²) in [5, 5.41) is 3.50. The number of aryl methyl sites for hydroxylation is 2. The van der Waals surface area contributed by atoms with Crippen LogP contribution in [0.5, 0.6) is 0 Å². The van der Waals surface area contributed by atoms with Crippen LogP contribution in [-0.2, 0) is 17.7 Å². The lowest BCUT2D eigenvalue weighted by Gasteiger charge is -2.30. The molecule has 5 rings (SSSR count). The van der Waals surface area contributed by atoms with Crippen molar-refractivity contribution in [1.82, 2.24) is 14.9 Å². The standard InChI is InChI=1S/C30H32N4O3/c1-22-9-11-24(12-10-22)21-34-29(36)26-14-13-25(20-27(26)32-30(34)33-16-18-37-19-17-33)28(35)31-15-5-8-23-6-3-2-4-7-23/h2-4,6-7,9-14,20H,5,8,15-19,21H2,1H3,(H,31,35). The van der Waals surface area contributed by atoms with E-state index in [4.69, 9.17) is 9.72 Å². The fourth-order valence-electron chi connectivity index (χ4n) is 4.62. The van der Waals surface area contributed by atoms with Crippen molar-refractivity contribution in [1.29, 1.82) is 0 Å². The Morgan fingerprint density at radius 2 is 1.73 bits per heavy atom. The summed E-state index contributed by atoms with van der Waals surface area (Å²) in [6.45, 7) is 5.55. The number of amides is 1. The highest BCUT2D eigenvalue weighted by atomic mass is 16.5. The SMILES string of the molecule is Cc1ccc(Cn2c(N3CCOCC3)nc3cc(C(=O)NCCCc4ccccc4)ccc3c2=O)cc1. The molecule has 0 atom stereocenters. The summed E-state index contributed by atoms with van der Waals surface area (Å²) >= 11 is 0. The van der Waals surface area contributed by atoms with Gasteiger partial charge >= 0.3 is 0 Å². The molecule has 0 radical (unpaired) electrons. The third-order valence-corrected chi connectivity index (χ3v) is 6.72. The van der Waals surface area contributed by atoms with Gasteiger partial charge in [0.15, 0.2) is 0 Å². The van der Waals surface area contributed by atoms with E-state index >= 15 is 0 Å². The number of rotatable bonds is 8. The predicted octanol–water partition coefficient (Wildman–Crippen LogP) is 3.95. The predicted molar refractivity (Wildman–Crippen MR) is 146 cm³/mol. The fourth-order valence-corrected chi connectivity index (χ4v) is 4.62. The Morgan fingerprint density at radius 1 is 0.973 bits per heavy atom. The van der Waals surface area contributed by atoms with Crippen molar-refractivity contribution in [3.63, 3.8) is 0 Å². The quantitative estimate of drug-likeness (QED) is 0.374. The number of nitrogens with zero attached hydrogens (tertiary/aromatic N) is 3. The molecule has 1 aromatic heterocycles. The first kappa shape index (κ1) is 24.7. The van der Waals surface area contributed by atoms with Crippen LogP contribution in [0.3, 0.4) is 0 Å². The largest absolute Gasteiger partial charge is 0.378 e. The Hall–Kier alpha value is -3.97. The number of aromatic nitrogens is 2. The van der Waals surface area contributed by atoms with Gasteiger partial charge in [0, 0.05) is 25.2 Å². The normalized spacial score (nSPS) is 13.6. The Balaban J connectivity index is 1.39. The zero-order chi connectivity index (χ0) is 25.6. The highest BCUT2D eigenvalue weighted by Crippen LogP contribution is 2.19. The third kappa shape index (κ3) is 5.89. The van der Waals surface area contributed by atoms with Gasteiger partial charge in [-0.3, -0.25) is 14.2 Å². The Labute approximate surface area is 216 Å². The van der Waals surface area contributed by atoms with Gasteiger partial charge in [-0.05, 0) is 49.1 Å². The lowest BCUT2D eigenvalue weighted by atomic mass is 10.1. The Bertz CT molecular complexity index is 1430. The summed E-state index contributed by atoms with van der Waals surface area (Å²) < 4.78 is 7.26. The molecule has 2 heterocycles. The molecule has 4 aromatic rings. The van der Waals surface area contributed by atoms with E-state index in [1.54, 1.807) is 22.8 Å². The van der Waals surface area contributed by atoms with E-state index in [-0.39, 0.29) is 11.5 Å². The molecule has 1 aliphatic heterocycles. The van der Waals surface area contributed by atoms with Gasteiger partial charge in [-0.15, -0.1) is 0 Å². The summed E-state index contributed by atoms with van der Waals surface area (Å²) in [7, 11) is 0. The van der Waals surface area contributed by atoms with E-state index in [0.29, 0.717) is 61.8 Å². The average molecular weight is 497 g/mol. The van der Waals surface area contributed by atoms with Gasteiger partial charge in [0.2, 0.25) is 5.95 Å². The number of morpholine rings is 1. The monoisotopic (exact) mass is 496 g/mol. The van der Waals surface area contributed by atoms with Crippen LogP contribution in [-0.4, -0.2) is 48.3 Å². The molecular weight excluding hydrogens is 464 g/mol. The van der Waals surface area contributed by atoms with Crippen molar-refractivity contribution in [3.05, 3.63) is 105 Å². The van der Waals surface area contributed by atoms with E-state index < -0.39 is 0 Å². The number of carbonyl (C=O) groups excluding carboxylic acids is 1. The van der Waals surface area contributed by atoms with Crippen LogP contribution in [0.25, 0.3) is 10.9 Å². The number of carbonyl (C=O) groups is 1. The summed E-state index contributed by atoms with van der Waals surface area (Å²) in [4.78, 5) is 33.5. The van der Waals surface area contributed by atoms with Crippen molar-refractivity contribution in [3.8, 4) is 0 Å². The highest BCUT2D eigenvalue weighted by Gasteiger charge is 2.20. The summed E-state index contributed by atoms with van der Waals surface area (Å²) in [5.41, 5.74) is 4.39. The number of nitrogens with one attached hydrogen (secondary N) is 1. The van der Waals surface area contributed by atoms with Gasteiger partial charge < -0.3 is 15.0 Å². The molecule has 0 bridgehead atoms. The fraction of sp³-hybridized carbons (Fsp3) is 0.300. The Kier molecular flexibility index (Phi) is 7.61. The van der Waals surface area contributed by atoms with Crippen LogP contribution < -0.4 is 15.8 Å². The molecule has 7 heteroatoms. The van der Waals surface area contributed by atoms with Crippen LogP contribution in [0, 0.1) is 6.92 Å². The maximum absolute atomic E-state index is 13.7. The van der Waals surface area contributed by atoms with Crippen molar-refractivity contribution in [2.75, 3.05) is 37.7 Å². The zero-order valence-corrected chi connectivity index (χ0v) is 21.2. The van der Waals surface area contributed by atoms with Gasteiger partial charge in [0.05, 0.1) is 30.7 Å². The van der Waals surface area contributed by atoms with Gasteiger partial charge in [-0.1, -0.05) is 60.2 Å². The molecular formula is C30H32N4O3. The molecule has 3 aromatic carbocycles. The van der Waals surface area contributed by atoms with Crippen molar-refractivity contribution >= 4 is 22.8 Å².